The molecule has 2 N–H and O–H groups in total. The third kappa shape index (κ3) is 6.44. The van der Waals surface area contributed by atoms with Crippen molar-refractivity contribution >= 4 is 29.9 Å². The molecule has 2 aromatic rings. The first-order chi connectivity index (χ1) is 12.8. The highest BCUT2D eigenvalue weighted by molar-refractivity contribution is 14.0. The number of benzene rings is 1. The predicted octanol–water partition coefficient (Wildman–Crippen LogP) is 2.71. The molecule has 0 spiro atoms. The molecule has 6 nitrogen and oxygen atoms in total. The molecule has 0 saturated heterocycles. The smallest absolute Gasteiger partial charge is 0.191 e. The molecular formula is C19H28FIN6. The summed E-state index contributed by atoms with van der Waals surface area (Å²) in [5, 5.41) is 15.3. The number of halogens is 2. The molecule has 0 saturated carbocycles. The maximum atomic E-state index is 12.9. The van der Waals surface area contributed by atoms with Gasteiger partial charge in [0.2, 0.25) is 0 Å². The van der Waals surface area contributed by atoms with Crippen LogP contribution in [0.5, 0.6) is 0 Å². The van der Waals surface area contributed by atoms with Gasteiger partial charge in [0, 0.05) is 39.5 Å². The minimum absolute atomic E-state index is 0. The van der Waals surface area contributed by atoms with Gasteiger partial charge < -0.3 is 15.2 Å². The van der Waals surface area contributed by atoms with Gasteiger partial charge in [-0.15, -0.1) is 34.2 Å². The van der Waals surface area contributed by atoms with Crippen molar-refractivity contribution in [1.29, 1.82) is 0 Å². The van der Waals surface area contributed by atoms with Crippen molar-refractivity contribution in [2.45, 2.75) is 45.1 Å². The first-order valence-electron chi connectivity index (χ1n) is 9.36. The maximum absolute atomic E-state index is 12.9. The van der Waals surface area contributed by atoms with E-state index in [4.69, 9.17) is 0 Å². The van der Waals surface area contributed by atoms with Gasteiger partial charge in [-0.2, -0.15) is 0 Å². The second kappa shape index (κ2) is 11.2. The van der Waals surface area contributed by atoms with E-state index in [2.05, 4.69) is 30.4 Å². The quantitative estimate of drug-likeness (QED) is 0.375. The highest BCUT2D eigenvalue weighted by Crippen LogP contribution is 2.14. The Balaban J connectivity index is 0.00000261. The van der Waals surface area contributed by atoms with E-state index in [0.29, 0.717) is 0 Å². The third-order valence-electron chi connectivity index (χ3n) is 4.67. The normalized spacial score (nSPS) is 14.1. The molecule has 2 heterocycles. The van der Waals surface area contributed by atoms with Gasteiger partial charge in [-0.25, -0.2) is 4.39 Å². The first-order valence-corrected chi connectivity index (χ1v) is 9.36. The van der Waals surface area contributed by atoms with Gasteiger partial charge in [-0.05, 0) is 37.0 Å². The van der Waals surface area contributed by atoms with E-state index < -0.39 is 0 Å². The van der Waals surface area contributed by atoms with Crippen LogP contribution in [-0.4, -0.2) is 40.9 Å². The van der Waals surface area contributed by atoms with Crippen LogP contribution in [0.4, 0.5) is 4.39 Å². The second-order valence-electron chi connectivity index (χ2n) is 6.55. The molecule has 27 heavy (non-hydrogen) atoms. The summed E-state index contributed by atoms with van der Waals surface area (Å²) in [5.74, 6) is 2.74. The van der Waals surface area contributed by atoms with E-state index in [0.717, 1.165) is 62.1 Å². The van der Waals surface area contributed by atoms with Crippen LogP contribution in [0.25, 0.3) is 0 Å². The average Bonchev–Trinajstić information content (AvgIpc) is 2.88. The minimum atomic E-state index is -0.203. The summed E-state index contributed by atoms with van der Waals surface area (Å²) in [6.45, 7) is 2.53. The van der Waals surface area contributed by atoms with Crippen LogP contribution >= 0.6 is 24.0 Å². The Hall–Kier alpha value is -1.71. The average molecular weight is 486 g/mol. The molecule has 0 bridgehead atoms. The third-order valence-corrected chi connectivity index (χ3v) is 4.67. The Labute approximate surface area is 177 Å². The fourth-order valence-corrected chi connectivity index (χ4v) is 3.22. The number of aliphatic imine (C=N–C) groups is 1. The lowest BCUT2D eigenvalue weighted by atomic mass is 10.1. The second-order valence-corrected chi connectivity index (χ2v) is 6.55. The zero-order valence-electron chi connectivity index (χ0n) is 15.7. The molecule has 0 radical (unpaired) electrons. The molecule has 0 amide bonds. The fourth-order valence-electron chi connectivity index (χ4n) is 3.22. The van der Waals surface area contributed by atoms with Crippen molar-refractivity contribution in [3.8, 4) is 0 Å². The van der Waals surface area contributed by atoms with Gasteiger partial charge in [-0.3, -0.25) is 4.99 Å². The van der Waals surface area contributed by atoms with Gasteiger partial charge >= 0.3 is 0 Å². The summed E-state index contributed by atoms with van der Waals surface area (Å²) in [6, 6.07) is 6.60. The van der Waals surface area contributed by atoms with Crippen molar-refractivity contribution in [1.82, 2.24) is 25.4 Å². The highest BCUT2D eigenvalue weighted by atomic mass is 127. The van der Waals surface area contributed by atoms with E-state index in [-0.39, 0.29) is 29.8 Å². The largest absolute Gasteiger partial charge is 0.356 e. The number of fused-ring (bicyclic) bond motifs is 1. The number of rotatable bonds is 6. The zero-order chi connectivity index (χ0) is 18.2. The van der Waals surface area contributed by atoms with Crippen LogP contribution in [-0.2, 0) is 25.8 Å². The van der Waals surface area contributed by atoms with E-state index in [9.17, 15) is 4.39 Å². The molecule has 1 aliphatic heterocycles. The van der Waals surface area contributed by atoms with Crippen LogP contribution in [0, 0.1) is 5.82 Å². The monoisotopic (exact) mass is 486 g/mol. The fraction of sp³-hybridized carbons (Fsp3) is 0.526. The maximum Gasteiger partial charge on any atom is 0.191 e. The zero-order valence-corrected chi connectivity index (χ0v) is 18.1. The van der Waals surface area contributed by atoms with Crippen LogP contribution in [0.2, 0.25) is 0 Å². The summed E-state index contributed by atoms with van der Waals surface area (Å²) in [5.41, 5.74) is 1.10. The number of nitrogens with one attached hydrogen (secondary N) is 2. The lowest BCUT2D eigenvalue weighted by Gasteiger charge is -2.12. The van der Waals surface area contributed by atoms with E-state index >= 15 is 0 Å². The SMILES string of the molecule is CN=C(NCCc1ccc(F)cc1)NCCc1nnc2n1CCCCC2.I. The van der Waals surface area contributed by atoms with Crippen molar-refractivity contribution in [2.24, 2.45) is 4.99 Å². The summed E-state index contributed by atoms with van der Waals surface area (Å²) < 4.78 is 15.2. The van der Waals surface area contributed by atoms with Crippen molar-refractivity contribution < 1.29 is 4.39 Å². The van der Waals surface area contributed by atoms with Gasteiger partial charge in [0.1, 0.15) is 17.5 Å². The molecule has 3 rings (SSSR count). The Morgan fingerprint density at radius 1 is 1.07 bits per heavy atom. The predicted molar refractivity (Wildman–Crippen MR) is 116 cm³/mol. The molecule has 1 aliphatic rings. The standard InChI is InChI=1S/C19H27FN6.HI/c1-21-19(22-12-10-15-6-8-16(20)9-7-15)23-13-11-18-25-24-17-5-3-2-4-14-26(17)18;/h6-9H,2-5,10-14H2,1H3,(H2,21,22,23);1H. The Bertz CT molecular complexity index is 728. The lowest BCUT2D eigenvalue weighted by molar-refractivity contribution is 0.600. The highest BCUT2D eigenvalue weighted by Gasteiger charge is 2.14. The van der Waals surface area contributed by atoms with Crippen LogP contribution < -0.4 is 10.6 Å². The summed E-state index contributed by atoms with van der Waals surface area (Å²) in [7, 11) is 1.76. The molecule has 148 valence electrons. The molecule has 0 fully saturated rings. The van der Waals surface area contributed by atoms with Crippen LogP contribution in [0.3, 0.4) is 0 Å². The Morgan fingerprint density at radius 2 is 1.81 bits per heavy atom. The van der Waals surface area contributed by atoms with E-state index in [1.54, 1.807) is 7.05 Å². The number of hydrogen-bond acceptors (Lipinski definition) is 3. The summed E-state index contributed by atoms with van der Waals surface area (Å²) in [6.07, 6.45) is 6.36. The van der Waals surface area contributed by atoms with E-state index in [1.165, 1.54) is 31.4 Å². The van der Waals surface area contributed by atoms with E-state index in [1.807, 2.05) is 12.1 Å². The molecule has 0 aliphatic carbocycles. The number of guanidine groups is 1. The number of aromatic nitrogens is 3. The van der Waals surface area contributed by atoms with Crippen molar-refractivity contribution in [3.05, 3.63) is 47.3 Å². The van der Waals surface area contributed by atoms with Gasteiger partial charge in [0.25, 0.3) is 0 Å². The molecule has 0 unspecified atom stereocenters. The number of nitrogens with zero attached hydrogens (tertiary/aromatic N) is 4. The number of aryl methyl sites for hydroxylation is 1. The summed E-state index contributed by atoms with van der Waals surface area (Å²) >= 11 is 0. The molecule has 1 aromatic carbocycles. The molecule has 0 atom stereocenters. The van der Waals surface area contributed by atoms with Crippen LogP contribution in [0.15, 0.2) is 29.3 Å². The Morgan fingerprint density at radius 3 is 2.56 bits per heavy atom. The van der Waals surface area contributed by atoms with Gasteiger partial charge in [0.15, 0.2) is 5.96 Å². The molecule has 1 aromatic heterocycles. The van der Waals surface area contributed by atoms with Crippen LogP contribution in [0.1, 0.15) is 36.5 Å². The first kappa shape index (κ1) is 21.6. The summed E-state index contributed by atoms with van der Waals surface area (Å²) in [4.78, 5) is 4.25. The Kier molecular flexibility index (Phi) is 8.96. The van der Waals surface area contributed by atoms with Crippen molar-refractivity contribution in [3.63, 3.8) is 0 Å². The lowest BCUT2D eigenvalue weighted by Crippen LogP contribution is -2.39. The molecule has 8 heteroatoms. The number of hydrogen-bond donors (Lipinski definition) is 2. The molecular weight excluding hydrogens is 458 g/mol. The minimum Gasteiger partial charge on any atom is -0.356 e. The topological polar surface area (TPSA) is 67.1 Å². The van der Waals surface area contributed by atoms with Crippen molar-refractivity contribution in [2.75, 3.05) is 20.1 Å². The van der Waals surface area contributed by atoms with Gasteiger partial charge in [-0.1, -0.05) is 18.6 Å². The van der Waals surface area contributed by atoms with Gasteiger partial charge in [0.05, 0.1) is 0 Å².